The van der Waals surface area contributed by atoms with Crippen LogP contribution in [0.5, 0.6) is 0 Å². The molecule has 0 aromatic heterocycles. The van der Waals surface area contributed by atoms with Gasteiger partial charge in [0.2, 0.25) is 0 Å². The summed E-state index contributed by atoms with van der Waals surface area (Å²) >= 11 is 5.66. The van der Waals surface area contributed by atoms with E-state index in [4.69, 9.17) is 20.7 Å². The molecule has 0 amide bonds. The van der Waals surface area contributed by atoms with Crippen molar-refractivity contribution in [3.63, 3.8) is 0 Å². The fourth-order valence-electron chi connectivity index (χ4n) is 1.07. The molecule has 0 fully saturated rings. The Bertz CT molecular complexity index is 686. The molecule has 0 aliphatic heterocycles. The number of rotatable bonds is 3. The van der Waals surface area contributed by atoms with Crippen LogP contribution in [-0.2, 0) is 20.4 Å². The van der Waals surface area contributed by atoms with Crippen molar-refractivity contribution in [2.24, 2.45) is 9.63 Å². The van der Waals surface area contributed by atoms with Gasteiger partial charge in [0.1, 0.15) is 5.69 Å². The first-order valence-electron chi connectivity index (χ1n) is 4.19. The van der Waals surface area contributed by atoms with E-state index >= 15 is 0 Å². The normalized spacial score (nSPS) is 13.1. The minimum atomic E-state index is -4.66. The highest BCUT2D eigenvalue weighted by Gasteiger charge is 2.15. The highest BCUT2D eigenvalue weighted by molar-refractivity contribution is 7.85. The molecule has 18 heavy (non-hydrogen) atoms. The van der Waals surface area contributed by atoms with Gasteiger partial charge in [0.05, 0.1) is 9.92 Å². The van der Waals surface area contributed by atoms with Crippen molar-refractivity contribution >= 4 is 37.7 Å². The zero-order valence-electron chi connectivity index (χ0n) is 8.77. The first-order valence-corrected chi connectivity index (χ1v) is 7.40. The highest BCUT2D eigenvalue weighted by Crippen LogP contribution is 2.32. The molecule has 0 unspecified atom stereocenters. The summed E-state index contributed by atoms with van der Waals surface area (Å²) in [5.41, 5.74) is 0.0178. The van der Waals surface area contributed by atoms with Crippen molar-refractivity contribution in [2.75, 3.05) is 0 Å². The molecule has 0 atom stereocenters. The van der Waals surface area contributed by atoms with E-state index in [0.29, 0.717) is 0 Å². The summed E-state index contributed by atoms with van der Waals surface area (Å²) in [6.45, 7) is 1.37. The largest absolute Gasteiger partial charge is 0.396 e. The van der Waals surface area contributed by atoms with Crippen LogP contribution < -0.4 is 0 Å². The summed E-state index contributed by atoms with van der Waals surface area (Å²) in [6, 6.07) is 1.90. The molecule has 0 radical (unpaired) electrons. The molecule has 0 aliphatic rings. The number of hydrogen-bond donors (Lipinski definition) is 2. The van der Waals surface area contributed by atoms with Crippen LogP contribution in [0.2, 0.25) is 5.02 Å². The van der Waals surface area contributed by atoms with Gasteiger partial charge in [-0.05, 0) is 29.1 Å². The van der Waals surface area contributed by atoms with E-state index in [9.17, 15) is 16.8 Å². The van der Waals surface area contributed by atoms with E-state index in [2.05, 4.69) is 9.63 Å². The zero-order valence-corrected chi connectivity index (χ0v) is 11.2. The Morgan fingerprint density at radius 2 is 1.72 bits per heavy atom. The molecule has 0 aliphatic carbocycles. The van der Waals surface area contributed by atoms with Crippen LogP contribution in [0.1, 0.15) is 5.56 Å². The molecular weight excluding hydrogens is 308 g/mol. The van der Waals surface area contributed by atoms with Gasteiger partial charge in [0.25, 0.3) is 10.1 Å². The zero-order chi connectivity index (χ0) is 14.1. The Kier molecular flexibility index (Phi) is 4.08. The standard InChI is InChI=1S/C7H7ClN2O6S2/c1-4-2-5(17(11,12)13)3-6(8)7(4)9-10-18(14,15)16/h2-3H,1H3,(H,11,12,13)(H,14,15,16). The van der Waals surface area contributed by atoms with Crippen molar-refractivity contribution in [3.8, 4) is 0 Å². The Morgan fingerprint density at radius 3 is 2.11 bits per heavy atom. The van der Waals surface area contributed by atoms with E-state index in [0.717, 1.165) is 12.1 Å². The third kappa shape index (κ3) is 3.99. The van der Waals surface area contributed by atoms with Gasteiger partial charge in [-0.2, -0.15) is 16.8 Å². The van der Waals surface area contributed by atoms with Crippen molar-refractivity contribution < 1.29 is 25.9 Å². The number of nitrogens with zero attached hydrogens (tertiary/aromatic N) is 2. The summed E-state index contributed by atoms with van der Waals surface area (Å²) in [4.78, 5) is -0.462. The lowest BCUT2D eigenvalue weighted by atomic mass is 10.2. The quantitative estimate of drug-likeness (QED) is 0.645. The first-order chi connectivity index (χ1) is 8.00. The van der Waals surface area contributed by atoms with E-state index < -0.39 is 25.3 Å². The molecule has 0 saturated heterocycles. The fourth-order valence-corrected chi connectivity index (χ4v) is 2.22. The van der Waals surface area contributed by atoms with Crippen LogP contribution in [0.15, 0.2) is 26.7 Å². The van der Waals surface area contributed by atoms with Gasteiger partial charge < -0.3 is 0 Å². The van der Waals surface area contributed by atoms with Crippen LogP contribution in [0.25, 0.3) is 0 Å². The molecule has 11 heteroatoms. The minimum absolute atomic E-state index is 0.137. The second-order valence-electron chi connectivity index (χ2n) is 3.18. The summed E-state index contributed by atoms with van der Waals surface area (Å²) in [5.74, 6) is 0. The SMILES string of the molecule is Cc1cc(S(=O)(=O)O)cc(Cl)c1N=NS(=O)(=O)O. The maximum Gasteiger partial charge on any atom is 0.396 e. The summed E-state index contributed by atoms with van der Waals surface area (Å²) in [6.07, 6.45) is 0. The smallest absolute Gasteiger partial charge is 0.282 e. The maximum atomic E-state index is 10.9. The molecule has 0 bridgehead atoms. The molecule has 0 heterocycles. The lowest BCUT2D eigenvalue weighted by Crippen LogP contribution is -1.98. The van der Waals surface area contributed by atoms with Crippen molar-refractivity contribution in [1.82, 2.24) is 0 Å². The molecule has 1 rings (SSSR count). The molecular formula is C7H7ClN2O6S2. The van der Waals surface area contributed by atoms with Gasteiger partial charge in [-0.15, -0.1) is 5.11 Å². The van der Waals surface area contributed by atoms with Gasteiger partial charge in [0.15, 0.2) is 0 Å². The number of halogens is 1. The van der Waals surface area contributed by atoms with E-state index in [1.54, 1.807) is 0 Å². The average Bonchev–Trinajstić information content (AvgIpc) is 2.12. The Balaban J connectivity index is 3.39. The summed E-state index contributed by atoms with van der Waals surface area (Å²) in [5, 5.41) is 2.94. The molecule has 0 spiro atoms. The van der Waals surface area contributed by atoms with Crippen LogP contribution in [0.4, 0.5) is 5.69 Å². The van der Waals surface area contributed by atoms with Crippen LogP contribution in [-0.4, -0.2) is 25.9 Å². The van der Waals surface area contributed by atoms with E-state index in [1.807, 2.05) is 0 Å². The lowest BCUT2D eigenvalue weighted by molar-refractivity contribution is 0.480. The summed E-state index contributed by atoms with van der Waals surface area (Å²) < 4.78 is 62.3. The van der Waals surface area contributed by atoms with Crippen molar-refractivity contribution in [3.05, 3.63) is 22.7 Å². The van der Waals surface area contributed by atoms with Crippen molar-refractivity contribution in [2.45, 2.75) is 11.8 Å². The predicted molar refractivity (Wildman–Crippen MR) is 62.1 cm³/mol. The molecule has 2 N–H and O–H groups in total. The number of aryl methyl sites for hydroxylation is 1. The highest BCUT2D eigenvalue weighted by atomic mass is 35.5. The second-order valence-corrected chi connectivity index (χ2v) is 6.06. The predicted octanol–water partition coefficient (Wildman–Crippen LogP) is 1.78. The number of benzene rings is 1. The van der Waals surface area contributed by atoms with Crippen LogP contribution >= 0.6 is 11.6 Å². The second kappa shape index (κ2) is 4.90. The first kappa shape index (κ1) is 15.0. The average molecular weight is 315 g/mol. The Hall–Kier alpha value is -1.07. The molecule has 1 aromatic rings. The Labute approximate surface area is 108 Å². The number of hydrogen-bond acceptors (Lipinski definition) is 5. The van der Waals surface area contributed by atoms with Gasteiger partial charge in [-0.25, -0.2) is 0 Å². The van der Waals surface area contributed by atoms with E-state index in [-0.39, 0.29) is 16.3 Å². The third-order valence-electron chi connectivity index (χ3n) is 1.77. The van der Waals surface area contributed by atoms with Gasteiger partial charge in [-0.3, -0.25) is 9.11 Å². The summed E-state index contributed by atoms with van der Waals surface area (Å²) in [7, 11) is -9.09. The fraction of sp³-hybridized carbons (Fsp3) is 0.143. The minimum Gasteiger partial charge on any atom is -0.282 e. The molecule has 8 nitrogen and oxygen atoms in total. The van der Waals surface area contributed by atoms with Crippen LogP contribution in [0.3, 0.4) is 0 Å². The molecule has 0 saturated carbocycles. The molecule has 1 aromatic carbocycles. The van der Waals surface area contributed by atoms with Gasteiger partial charge in [-0.1, -0.05) is 11.6 Å². The van der Waals surface area contributed by atoms with Crippen LogP contribution in [0, 0.1) is 6.92 Å². The topological polar surface area (TPSA) is 133 Å². The van der Waals surface area contributed by atoms with Gasteiger partial charge in [0, 0.05) is 0 Å². The maximum absolute atomic E-state index is 10.9. The van der Waals surface area contributed by atoms with E-state index in [1.165, 1.54) is 6.92 Å². The van der Waals surface area contributed by atoms with Gasteiger partial charge >= 0.3 is 10.3 Å². The monoisotopic (exact) mass is 314 g/mol. The third-order valence-corrected chi connectivity index (χ3v) is 3.18. The molecule has 100 valence electrons. The lowest BCUT2D eigenvalue weighted by Gasteiger charge is -2.04. The van der Waals surface area contributed by atoms with Crippen molar-refractivity contribution in [1.29, 1.82) is 0 Å². The Morgan fingerprint density at radius 1 is 1.17 bits per heavy atom.